The van der Waals surface area contributed by atoms with Gasteiger partial charge in [-0.3, -0.25) is 0 Å². The average Bonchev–Trinajstić information content (AvgIpc) is 2.34. The lowest BCUT2D eigenvalue weighted by molar-refractivity contribution is -0.144. The Morgan fingerprint density at radius 2 is 2.33 bits per heavy atom. The smallest absolute Gasteiger partial charge is 0.328 e. The van der Waals surface area contributed by atoms with Crippen LogP contribution < -0.4 is 5.32 Å². The van der Waals surface area contributed by atoms with Crippen LogP contribution in [0, 0.1) is 5.82 Å². The molecule has 0 heterocycles. The predicted molar refractivity (Wildman–Crippen MR) is 73.4 cm³/mol. The molecular formula is C13H18FNO2S. The maximum atomic E-state index is 13.1. The number of halogens is 1. The van der Waals surface area contributed by atoms with Crippen molar-refractivity contribution in [1.82, 2.24) is 0 Å². The molecule has 1 rings (SSSR count). The Kier molecular flexibility index (Phi) is 6.57. The first-order chi connectivity index (χ1) is 8.67. The van der Waals surface area contributed by atoms with E-state index in [0.717, 1.165) is 5.75 Å². The molecular weight excluding hydrogens is 253 g/mol. The van der Waals surface area contributed by atoms with E-state index >= 15 is 0 Å². The number of thioether (sulfide) groups is 1. The summed E-state index contributed by atoms with van der Waals surface area (Å²) < 4.78 is 18.1. The van der Waals surface area contributed by atoms with Crippen LogP contribution >= 0.6 is 11.8 Å². The van der Waals surface area contributed by atoms with Crippen molar-refractivity contribution >= 4 is 23.4 Å². The molecule has 5 heteroatoms. The Balaban J connectivity index is 2.68. The quantitative estimate of drug-likeness (QED) is 0.774. The zero-order valence-electron chi connectivity index (χ0n) is 10.6. The van der Waals surface area contributed by atoms with E-state index in [1.165, 1.54) is 12.1 Å². The van der Waals surface area contributed by atoms with Gasteiger partial charge in [0.15, 0.2) is 0 Å². The number of rotatable bonds is 7. The SMILES string of the molecule is CCOC(=O)C(CCSC)Nc1cccc(F)c1. The summed E-state index contributed by atoms with van der Waals surface area (Å²) in [6, 6.07) is 5.64. The van der Waals surface area contributed by atoms with Gasteiger partial charge >= 0.3 is 5.97 Å². The van der Waals surface area contributed by atoms with E-state index < -0.39 is 6.04 Å². The minimum atomic E-state index is -0.431. The van der Waals surface area contributed by atoms with Gasteiger partial charge in [0.05, 0.1) is 6.61 Å². The van der Waals surface area contributed by atoms with Gasteiger partial charge in [0, 0.05) is 5.69 Å². The second-order valence-electron chi connectivity index (χ2n) is 3.74. The summed E-state index contributed by atoms with van der Waals surface area (Å²) in [6.07, 6.45) is 2.63. The summed E-state index contributed by atoms with van der Waals surface area (Å²) in [7, 11) is 0. The first kappa shape index (κ1) is 14.8. The fourth-order valence-corrected chi connectivity index (χ4v) is 1.98. The second kappa shape index (κ2) is 7.97. The zero-order valence-corrected chi connectivity index (χ0v) is 11.4. The van der Waals surface area contributed by atoms with E-state index in [1.54, 1.807) is 30.8 Å². The third-order valence-electron chi connectivity index (χ3n) is 2.35. The van der Waals surface area contributed by atoms with Crippen molar-refractivity contribution in [3.8, 4) is 0 Å². The summed E-state index contributed by atoms with van der Waals surface area (Å²) in [5, 5.41) is 3.01. The molecule has 1 aromatic carbocycles. The van der Waals surface area contributed by atoms with E-state index in [0.29, 0.717) is 18.7 Å². The Hall–Kier alpha value is -1.23. The van der Waals surface area contributed by atoms with Gasteiger partial charge in [-0.05, 0) is 43.6 Å². The van der Waals surface area contributed by atoms with Crippen LogP contribution in [0.1, 0.15) is 13.3 Å². The fraction of sp³-hybridized carbons (Fsp3) is 0.462. The number of benzene rings is 1. The molecule has 1 aromatic rings. The molecule has 1 N–H and O–H groups in total. The molecule has 18 heavy (non-hydrogen) atoms. The number of hydrogen-bond donors (Lipinski definition) is 1. The summed E-state index contributed by atoms with van der Waals surface area (Å²) in [4.78, 5) is 11.8. The molecule has 0 aliphatic rings. The molecule has 0 spiro atoms. The van der Waals surface area contributed by atoms with E-state index in [1.807, 2.05) is 6.26 Å². The molecule has 3 nitrogen and oxygen atoms in total. The van der Waals surface area contributed by atoms with Gasteiger partial charge in [0.25, 0.3) is 0 Å². The van der Waals surface area contributed by atoms with Crippen LogP contribution in [-0.2, 0) is 9.53 Å². The molecule has 0 bridgehead atoms. The highest BCUT2D eigenvalue weighted by Gasteiger charge is 2.19. The third-order valence-corrected chi connectivity index (χ3v) is 2.99. The topological polar surface area (TPSA) is 38.3 Å². The Morgan fingerprint density at radius 3 is 2.94 bits per heavy atom. The number of carbonyl (C=O) groups is 1. The molecule has 0 aliphatic heterocycles. The number of anilines is 1. The lowest BCUT2D eigenvalue weighted by Gasteiger charge is -2.18. The minimum Gasteiger partial charge on any atom is -0.464 e. The van der Waals surface area contributed by atoms with E-state index in [-0.39, 0.29) is 11.8 Å². The lowest BCUT2D eigenvalue weighted by Crippen LogP contribution is -2.32. The zero-order chi connectivity index (χ0) is 13.4. The summed E-state index contributed by atoms with van der Waals surface area (Å²) in [6.45, 7) is 2.12. The maximum Gasteiger partial charge on any atom is 0.328 e. The van der Waals surface area contributed by atoms with Crippen LogP contribution in [-0.4, -0.2) is 30.6 Å². The van der Waals surface area contributed by atoms with Crippen molar-refractivity contribution in [3.05, 3.63) is 30.1 Å². The standard InChI is InChI=1S/C13H18FNO2S/c1-3-17-13(16)12(7-8-18-2)15-11-6-4-5-10(14)9-11/h4-6,9,12,15H,3,7-8H2,1-2H3. The molecule has 100 valence electrons. The molecule has 0 saturated heterocycles. The van der Waals surface area contributed by atoms with Gasteiger partial charge in [-0.1, -0.05) is 6.07 Å². The molecule has 0 fully saturated rings. The minimum absolute atomic E-state index is 0.296. The van der Waals surface area contributed by atoms with Crippen LogP contribution in [0.25, 0.3) is 0 Å². The van der Waals surface area contributed by atoms with E-state index in [9.17, 15) is 9.18 Å². The molecule has 0 aliphatic carbocycles. The van der Waals surface area contributed by atoms with Crippen molar-refractivity contribution in [1.29, 1.82) is 0 Å². The van der Waals surface area contributed by atoms with Crippen LogP contribution in [0.5, 0.6) is 0 Å². The molecule has 0 saturated carbocycles. The van der Waals surface area contributed by atoms with Crippen molar-refractivity contribution in [2.45, 2.75) is 19.4 Å². The maximum absolute atomic E-state index is 13.1. The van der Waals surface area contributed by atoms with Crippen LogP contribution in [0.3, 0.4) is 0 Å². The highest BCUT2D eigenvalue weighted by atomic mass is 32.2. The Bertz CT molecular complexity index is 387. The second-order valence-corrected chi connectivity index (χ2v) is 4.73. The summed E-state index contributed by atoms with van der Waals surface area (Å²) in [5.74, 6) is 0.217. The summed E-state index contributed by atoms with van der Waals surface area (Å²) in [5.41, 5.74) is 0.592. The molecule has 1 atom stereocenters. The van der Waals surface area contributed by atoms with Crippen LogP contribution in [0.15, 0.2) is 24.3 Å². The number of esters is 1. The first-order valence-electron chi connectivity index (χ1n) is 5.85. The van der Waals surface area contributed by atoms with Crippen molar-refractivity contribution in [2.24, 2.45) is 0 Å². The van der Waals surface area contributed by atoms with Crippen LogP contribution in [0.2, 0.25) is 0 Å². The van der Waals surface area contributed by atoms with Gasteiger partial charge in [0.2, 0.25) is 0 Å². The Morgan fingerprint density at radius 1 is 1.56 bits per heavy atom. The fourth-order valence-electron chi connectivity index (χ4n) is 1.51. The number of carbonyl (C=O) groups excluding carboxylic acids is 1. The van der Waals surface area contributed by atoms with Crippen molar-refractivity contribution in [3.63, 3.8) is 0 Å². The van der Waals surface area contributed by atoms with E-state index in [2.05, 4.69) is 5.32 Å². The first-order valence-corrected chi connectivity index (χ1v) is 7.24. The van der Waals surface area contributed by atoms with Crippen LogP contribution in [0.4, 0.5) is 10.1 Å². The number of nitrogens with one attached hydrogen (secondary N) is 1. The lowest BCUT2D eigenvalue weighted by atomic mass is 10.2. The predicted octanol–water partition coefficient (Wildman–Crippen LogP) is 2.92. The normalized spacial score (nSPS) is 11.9. The number of ether oxygens (including phenoxy) is 1. The summed E-state index contributed by atoms with van der Waals surface area (Å²) >= 11 is 1.66. The van der Waals surface area contributed by atoms with Crippen molar-refractivity contribution in [2.75, 3.05) is 23.9 Å². The van der Waals surface area contributed by atoms with Gasteiger partial charge < -0.3 is 10.1 Å². The molecule has 1 unspecified atom stereocenters. The number of hydrogen-bond acceptors (Lipinski definition) is 4. The van der Waals surface area contributed by atoms with Crippen molar-refractivity contribution < 1.29 is 13.9 Å². The van der Waals surface area contributed by atoms with E-state index in [4.69, 9.17) is 4.74 Å². The molecule has 0 radical (unpaired) electrons. The Labute approximate surface area is 111 Å². The van der Waals surface area contributed by atoms with Gasteiger partial charge in [-0.25, -0.2) is 9.18 Å². The average molecular weight is 271 g/mol. The van der Waals surface area contributed by atoms with Gasteiger partial charge in [-0.2, -0.15) is 11.8 Å². The van der Waals surface area contributed by atoms with Gasteiger partial charge in [0.1, 0.15) is 11.9 Å². The molecule has 0 amide bonds. The monoisotopic (exact) mass is 271 g/mol. The largest absolute Gasteiger partial charge is 0.464 e. The highest BCUT2D eigenvalue weighted by Crippen LogP contribution is 2.14. The molecule has 0 aromatic heterocycles. The van der Waals surface area contributed by atoms with Gasteiger partial charge in [-0.15, -0.1) is 0 Å². The highest BCUT2D eigenvalue weighted by molar-refractivity contribution is 7.98. The third kappa shape index (κ3) is 4.96.